The van der Waals surface area contributed by atoms with Crippen molar-refractivity contribution in [3.63, 3.8) is 0 Å². The van der Waals surface area contributed by atoms with Gasteiger partial charge in [0.1, 0.15) is 4.88 Å². The molecule has 0 saturated carbocycles. The number of amides is 1. The first-order valence-corrected chi connectivity index (χ1v) is 12.1. The molecular weight excluding hydrogens is 436 g/mol. The van der Waals surface area contributed by atoms with Crippen LogP contribution in [0.5, 0.6) is 0 Å². The summed E-state index contributed by atoms with van der Waals surface area (Å²) in [7, 11) is -2.19. The van der Waals surface area contributed by atoms with E-state index >= 15 is 0 Å². The summed E-state index contributed by atoms with van der Waals surface area (Å²) < 4.78 is 32.6. The molecule has 0 radical (unpaired) electrons. The average molecular weight is 459 g/mol. The number of anilines is 1. The SMILES string of the molecule is COC(=O)c1cc2cc(NC(=O)C3CCN(S(=O)(=O)c4ccccc4)CC3)ccc2s1. The number of carbonyl (C=O) groups excluding carboxylic acids is 2. The third kappa shape index (κ3) is 4.48. The van der Waals surface area contributed by atoms with Crippen molar-refractivity contribution in [1.29, 1.82) is 0 Å². The number of benzene rings is 2. The van der Waals surface area contributed by atoms with E-state index in [9.17, 15) is 18.0 Å². The number of nitrogens with one attached hydrogen (secondary N) is 1. The van der Waals surface area contributed by atoms with Gasteiger partial charge in [-0.05, 0) is 54.6 Å². The van der Waals surface area contributed by atoms with Crippen LogP contribution in [0.15, 0.2) is 59.5 Å². The zero-order valence-electron chi connectivity index (χ0n) is 16.9. The maximum absolute atomic E-state index is 12.7. The molecule has 0 aliphatic carbocycles. The Hall–Kier alpha value is -2.75. The van der Waals surface area contributed by atoms with Gasteiger partial charge in [0.15, 0.2) is 0 Å². The normalized spacial score (nSPS) is 15.6. The van der Waals surface area contributed by atoms with E-state index < -0.39 is 10.0 Å². The molecule has 1 aliphatic heterocycles. The van der Waals surface area contributed by atoms with Crippen LogP contribution in [0.3, 0.4) is 0 Å². The summed E-state index contributed by atoms with van der Waals surface area (Å²) in [6.45, 7) is 0.614. The van der Waals surface area contributed by atoms with Crippen LogP contribution >= 0.6 is 11.3 Å². The monoisotopic (exact) mass is 458 g/mol. The summed E-state index contributed by atoms with van der Waals surface area (Å²) in [4.78, 5) is 25.2. The Morgan fingerprint density at radius 3 is 2.45 bits per heavy atom. The van der Waals surface area contributed by atoms with Gasteiger partial charge >= 0.3 is 5.97 Å². The number of thiophene rings is 1. The molecule has 2 aromatic carbocycles. The van der Waals surface area contributed by atoms with Crippen molar-refractivity contribution in [1.82, 2.24) is 4.31 Å². The Kier molecular flexibility index (Phi) is 6.08. The van der Waals surface area contributed by atoms with Crippen LogP contribution in [-0.2, 0) is 19.6 Å². The van der Waals surface area contributed by atoms with Crippen molar-refractivity contribution in [3.8, 4) is 0 Å². The number of hydrogen-bond acceptors (Lipinski definition) is 6. The lowest BCUT2D eigenvalue weighted by molar-refractivity contribution is -0.120. The van der Waals surface area contributed by atoms with Crippen LogP contribution in [0.2, 0.25) is 0 Å². The Bertz CT molecular complexity index is 1210. The molecule has 162 valence electrons. The lowest BCUT2D eigenvalue weighted by Gasteiger charge is -2.30. The second kappa shape index (κ2) is 8.78. The van der Waals surface area contributed by atoms with Gasteiger partial charge in [0.2, 0.25) is 15.9 Å². The Morgan fingerprint density at radius 1 is 1.06 bits per heavy atom. The van der Waals surface area contributed by atoms with Gasteiger partial charge in [-0.3, -0.25) is 4.79 Å². The minimum Gasteiger partial charge on any atom is -0.465 e. The van der Waals surface area contributed by atoms with E-state index in [1.165, 1.54) is 22.8 Å². The van der Waals surface area contributed by atoms with Crippen LogP contribution in [0.25, 0.3) is 10.1 Å². The standard InChI is InChI=1S/C22H22N2O5S2/c1-29-22(26)20-14-16-13-17(7-8-19(16)30-20)23-21(25)15-9-11-24(12-10-15)31(27,28)18-5-3-2-4-6-18/h2-8,13-15H,9-12H2,1H3,(H,23,25). The topological polar surface area (TPSA) is 92.8 Å². The number of rotatable bonds is 5. The van der Waals surface area contributed by atoms with E-state index in [0.717, 1.165) is 10.1 Å². The number of ether oxygens (including phenoxy) is 1. The summed E-state index contributed by atoms with van der Waals surface area (Å²) in [6, 6.07) is 15.6. The Morgan fingerprint density at radius 2 is 1.77 bits per heavy atom. The van der Waals surface area contributed by atoms with Gasteiger partial charge in [-0.25, -0.2) is 13.2 Å². The first-order chi connectivity index (χ1) is 14.9. The largest absolute Gasteiger partial charge is 0.465 e. The molecule has 1 amide bonds. The highest BCUT2D eigenvalue weighted by molar-refractivity contribution is 7.89. The number of hydrogen-bond donors (Lipinski definition) is 1. The number of sulfonamides is 1. The highest BCUT2D eigenvalue weighted by Crippen LogP contribution is 2.30. The lowest BCUT2D eigenvalue weighted by Crippen LogP contribution is -2.41. The van der Waals surface area contributed by atoms with Gasteiger partial charge in [-0.15, -0.1) is 11.3 Å². The number of fused-ring (bicyclic) bond motifs is 1. The minimum absolute atomic E-state index is 0.125. The predicted molar refractivity (Wildman–Crippen MR) is 120 cm³/mol. The van der Waals surface area contributed by atoms with Crippen molar-refractivity contribution >= 4 is 49.0 Å². The molecule has 7 nitrogen and oxygen atoms in total. The van der Waals surface area contributed by atoms with Gasteiger partial charge in [0.25, 0.3) is 0 Å². The molecule has 1 aliphatic rings. The zero-order chi connectivity index (χ0) is 22.0. The number of carbonyl (C=O) groups is 2. The van der Waals surface area contributed by atoms with Gasteiger partial charge in [0, 0.05) is 29.4 Å². The van der Waals surface area contributed by atoms with Crippen molar-refractivity contribution in [3.05, 3.63) is 59.5 Å². The molecule has 3 aromatic rings. The highest BCUT2D eigenvalue weighted by Gasteiger charge is 2.32. The molecule has 0 spiro atoms. The molecule has 31 heavy (non-hydrogen) atoms. The van der Waals surface area contributed by atoms with Crippen LogP contribution in [0.1, 0.15) is 22.5 Å². The summed E-state index contributed by atoms with van der Waals surface area (Å²) in [5, 5.41) is 3.78. The summed E-state index contributed by atoms with van der Waals surface area (Å²) in [6.07, 6.45) is 0.927. The van der Waals surface area contributed by atoms with E-state index in [-0.39, 0.29) is 22.7 Å². The second-order valence-corrected chi connectivity index (χ2v) is 10.4. The quantitative estimate of drug-likeness (QED) is 0.588. The number of nitrogens with zero attached hydrogens (tertiary/aromatic N) is 1. The van der Waals surface area contributed by atoms with Gasteiger partial charge in [0.05, 0.1) is 12.0 Å². The predicted octanol–water partition coefficient (Wildman–Crippen LogP) is 3.73. The molecule has 1 aromatic heterocycles. The second-order valence-electron chi connectivity index (χ2n) is 7.34. The number of methoxy groups -OCH3 is 1. The van der Waals surface area contributed by atoms with E-state index in [1.807, 2.05) is 12.1 Å². The van der Waals surface area contributed by atoms with Crippen molar-refractivity contribution in [2.24, 2.45) is 5.92 Å². The van der Waals surface area contributed by atoms with E-state index in [0.29, 0.717) is 36.5 Å². The first-order valence-electron chi connectivity index (χ1n) is 9.86. The molecule has 9 heteroatoms. The maximum atomic E-state index is 12.7. The molecule has 2 heterocycles. The lowest BCUT2D eigenvalue weighted by atomic mass is 9.97. The van der Waals surface area contributed by atoms with E-state index in [4.69, 9.17) is 4.74 Å². The fourth-order valence-corrected chi connectivity index (χ4v) is 6.12. The summed E-state index contributed by atoms with van der Waals surface area (Å²) >= 11 is 1.34. The van der Waals surface area contributed by atoms with Crippen LogP contribution in [0, 0.1) is 5.92 Å². The van der Waals surface area contributed by atoms with E-state index in [1.54, 1.807) is 42.5 Å². The molecule has 1 fully saturated rings. The van der Waals surface area contributed by atoms with Gasteiger partial charge in [-0.1, -0.05) is 18.2 Å². The third-order valence-corrected chi connectivity index (χ3v) is 8.39. The fraction of sp³-hybridized carbons (Fsp3) is 0.273. The first kappa shape index (κ1) is 21.5. The molecule has 0 bridgehead atoms. The van der Waals surface area contributed by atoms with Crippen LogP contribution < -0.4 is 5.32 Å². The van der Waals surface area contributed by atoms with Crippen LogP contribution in [-0.4, -0.2) is 44.8 Å². The molecule has 4 rings (SSSR count). The molecule has 0 unspecified atom stereocenters. The third-order valence-electron chi connectivity index (χ3n) is 5.38. The highest BCUT2D eigenvalue weighted by atomic mass is 32.2. The van der Waals surface area contributed by atoms with Crippen molar-refractivity contribution < 1.29 is 22.7 Å². The Labute approximate surface area is 184 Å². The van der Waals surface area contributed by atoms with Gasteiger partial charge in [-0.2, -0.15) is 4.31 Å². The summed E-state index contributed by atoms with van der Waals surface area (Å²) in [5.74, 6) is -0.769. The Balaban J connectivity index is 1.39. The zero-order valence-corrected chi connectivity index (χ0v) is 18.5. The molecule has 1 N–H and O–H groups in total. The molecule has 1 saturated heterocycles. The van der Waals surface area contributed by atoms with Crippen LogP contribution in [0.4, 0.5) is 5.69 Å². The summed E-state index contributed by atoms with van der Waals surface area (Å²) in [5.41, 5.74) is 0.644. The number of esters is 1. The minimum atomic E-state index is -3.54. The van der Waals surface area contributed by atoms with Crippen molar-refractivity contribution in [2.75, 3.05) is 25.5 Å². The molecule has 0 atom stereocenters. The maximum Gasteiger partial charge on any atom is 0.348 e. The van der Waals surface area contributed by atoms with Crippen molar-refractivity contribution in [2.45, 2.75) is 17.7 Å². The van der Waals surface area contributed by atoms with E-state index in [2.05, 4.69) is 5.32 Å². The van der Waals surface area contributed by atoms with Gasteiger partial charge < -0.3 is 10.1 Å². The smallest absolute Gasteiger partial charge is 0.348 e. The average Bonchev–Trinajstić information content (AvgIpc) is 3.22. The molecular formula is C22H22N2O5S2. The number of piperidine rings is 1. The fourth-order valence-electron chi connectivity index (χ4n) is 3.67.